The van der Waals surface area contributed by atoms with Gasteiger partial charge in [-0.05, 0) is 17.9 Å². The van der Waals surface area contributed by atoms with Gasteiger partial charge in [0.2, 0.25) is 5.91 Å². The molecule has 2 amide bonds. The Morgan fingerprint density at radius 2 is 1.82 bits per heavy atom. The van der Waals surface area contributed by atoms with E-state index in [4.69, 9.17) is 4.74 Å². The molecule has 2 unspecified atom stereocenters. The van der Waals surface area contributed by atoms with Crippen molar-refractivity contribution in [2.75, 3.05) is 27.4 Å². The van der Waals surface area contributed by atoms with Crippen molar-refractivity contribution in [3.63, 3.8) is 0 Å². The molecular formula is C20H29N3O5. The summed E-state index contributed by atoms with van der Waals surface area (Å²) in [7, 11) is 2.56. The second-order valence-electron chi connectivity index (χ2n) is 7.17. The van der Waals surface area contributed by atoms with Crippen LogP contribution in [0.1, 0.15) is 25.8 Å². The van der Waals surface area contributed by atoms with E-state index >= 15 is 0 Å². The molecule has 2 atom stereocenters. The molecule has 0 radical (unpaired) electrons. The van der Waals surface area contributed by atoms with Crippen LogP contribution in [0.5, 0.6) is 0 Å². The number of esters is 1. The van der Waals surface area contributed by atoms with Crippen molar-refractivity contribution in [1.82, 2.24) is 15.1 Å². The molecule has 1 heterocycles. The minimum atomic E-state index is -0.795. The van der Waals surface area contributed by atoms with Gasteiger partial charge in [-0.3, -0.25) is 9.69 Å². The number of nitrogens with zero attached hydrogens (tertiary/aromatic N) is 2. The molecular weight excluding hydrogens is 362 g/mol. The average molecular weight is 391 g/mol. The van der Waals surface area contributed by atoms with Crippen molar-refractivity contribution in [3.8, 4) is 0 Å². The Kier molecular flexibility index (Phi) is 7.80. The molecule has 1 aromatic carbocycles. The third kappa shape index (κ3) is 5.45. The molecule has 1 aromatic rings. The summed E-state index contributed by atoms with van der Waals surface area (Å²) in [5, 5.41) is 2.58. The summed E-state index contributed by atoms with van der Waals surface area (Å²) in [6, 6.07) is 8.46. The lowest BCUT2D eigenvalue weighted by molar-refractivity contribution is -0.159. The Hall–Kier alpha value is -2.61. The molecule has 1 aliphatic heterocycles. The zero-order valence-electron chi connectivity index (χ0n) is 16.9. The second kappa shape index (κ2) is 10.1. The molecule has 28 heavy (non-hydrogen) atoms. The highest BCUT2D eigenvalue weighted by molar-refractivity contribution is 5.90. The van der Waals surface area contributed by atoms with Crippen LogP contribution in [-0.2, 0) is 25.6 Å². The Bertz CT molecular complexity index is 680. The van der Waals surface area contributed by atoms with E-state index < -0.39 is 24.1 Å². The van der Waals surface area contributed by atoms with Crippen LogP contribution in [0.4, 0.5) is 4.79 Å². The number of hydrogen-bond acceptors (Lipinski definition) is 6. The monoisotopic (exact) mass is 391 g/mol. The van der Waals surface area contributed by atoms with Crippen LogP contribution in [-0.4, -0.2) is 67.3 Å². The van der Waals surface area contributed by atoms with Gasteiger partial charge >= 0.3 is 12.1 Å². The highest BCUT2D eigenvalue weighted by Gasteiger charge is 2.39. The molecule has 0 aliphatic carbocycles. The Labute approximate surface area is 165 Å². The lowest BCUT2D eigenvalue weighted by atomic mass is 10.0. The standard InChI is InChI=1S/C20H29N3O5/c1-14(2)17(21-20(26)28-4)18(24)23-13-22(11-10-16(23)19(25)27-3)12-15-8-6-5-7-9-15/h5-9,14,16-17H,10-13H2,1-4H3,(H,21,26). The highest BCUT2D eigenvalue weighted by atomic mass is 16.5. The molecule has 2 rings (SSSR count). The normalized spacial score (nSPS) is 18.5. The van der Waals surface area contributed by atoms with Crippen molar-refractivity contribution in [1.29, 1.82) is 0 Å². The quantitative estimate of drug-likeness (QED) is 0.741. The topological polar surface area (TPSA) is 88.2 Å². The predicted octanol–water partition coefficient (Wildman–Crippen LogP) is 1.60. The lowest BCUT2D eigenvalue weighted by Gasteiger charge is -2.42. The van der Waals surface area contributed by atoms with Gasteiger partial charge in [0.1, 0.15) is 12.1 Å². The van der Waals surface area contributed by atoms with E-state index in [0.717, 1.165) is 5.56 Å². The summed E-state index contributed by atoms with van der Waals surface area (Å²) in [4.78, 5) is 40.8. The van der Waals surface area contributed by atoms with Gasteiger partial charge in [0.15, 0.2) is 0 Å². The van der Waals surface area contributed by atoms with Gasteiger partial charge in [0, 0.05) is 13.1 Å². The number of amides is 2. The summed E-state index contributed by atoms with van der Waals surface area (Å²) in [6.45, 7) is 5.26. The molecule has 1 fully saturated rings. The number of carbonyl (C=O) groups is 3. The fourth-order valence-corrected chi connectivity index (χ4v) is 3.30. The third-order valence-electron chi connectivity index (χ3n) is 4.84. The van der Waals surface area contributed by atoms with Crippen LogP contribution in [0.3, 0.4) is 0 Å². The Morgan fingerprint density at radius 1 is 1.14 bits per heavy atom. The van der Waals surface area contributed by atoms with Crippen LogP contribution in [0.25, 0.3) is 0 Å². The summed E-state index contributed by atoms with van der Waals surface area (Å²) >= 11 is 0. The number of rotatable bonds is 6. The zero-order chi connectivity index (χ0) is 20.7. The van der Waals surface area contributed by atoms with Gasteiger partial charge < -0.3 is 19.7 Å². The molecule has 1 aliphatic rings. The van der Waals surface area contributed by atoms with Gasteiger partial charge in [0.05, 0.1) is 20.9 Å². The first-order chi connectivity index (χ1) is 13.4. The SMILES string of the molecule is COC(=O)NC(C(=O)N1CN(Cc2ccccc2)CCC1C(=O)OC)C(C)C. The summed E-state index contributed by atoms with van der Waals surface area (Å²) in [5.41, 5.74) is 1.12. The molecule has 154 valence electrons. The lowest BCUT2D eigenvalue weighted by Crippen LogP contribution is -2.61. The summed E-state index contributed by atoms with van der Waals surface area (Å²) in [6.07, 6.45) is -0.214. The number of methoxy groups -OCH3 is 2. The number of ether oxygens (including phenoxy) is 2. The summed E-state index contributed by atoms with van der Waals surface area (Å²) in [5.74, 6) is -0.948. The van der Waals surface area contributed by atoms with Crippen LogP contribution in [0.15, 0.2) is 30.3 Å². The molecule has 8 nitrogen and oxygen atoms in total. The van der Waals surface area contributed by atoms with Gasteiger partial charge in [-0.2, -0.15) is 0 Å². The molecule has 0 saturated carbocycles. The van der Waals surface area contributed by atoms with E-state index in [-0.39, 0.29) is 18.5 Å². The largest absolute Gasteiger partial charge is 0.467 e. The van der Waals surface area contributed by atoms with E-state index in [1.807, 2.05) is 44.2 Å². The van der Waals surface area contributed by atoms with E-state index in [0.29, 0.717) is 19.5 Å². The first kappa shape index (κ1) is 21.7. The van der Waals surface area contributed by atoms with E-state index in [9.17, 15) is 14.4 Å². The van der Waals surface area contributed by atoms with Crippen molar-refractivity contribution in [2.24, 2.45) is 5.92 Å². The number of benzene rings is 1. The molecule has 0 aromatic heterocycles. The maximum Gasteiger partial charge on any atom is 0.407 e. The minimum absolute atomic E-state index is 0.172. The van der Waals surface area contributed by atoms with Crippen LogP contribution in [0.2, 0.25) is 0 Å². The first-order valence-electron chi connectivity index (χ1n) is 9.36. The molecule has 0 spiro atoms. The highest BCUT2D eigenvalue weighted by Crippen LogP contribution is 2.20. The Morgan fingerprint density at radius 3 is 2.39 bits per heavy atom. The van der Waals surface area contributed by atoms with E-state index in [1.54, 1.807) is 0 Å². The van der Waals surface area contributed by atoms with Crippen molar-refractivity contribution in [2.45, 2.75) is 38.9 Å². The fourth-order valence-electron chi connectivity index (χ4n) is 3.30. The van der Waals surface area contributed by atoms with E-state index in [1.165, 1.54) is 19.1 Å². The molecule has 1 N–H and O–H groups in total. The van der Waals surface area contributed by atoms with Crippen LogP contribution < -0.4 is 5.32 Å². The van der Waals surface area contributed by atoms with Crippen molar-refractivity contribution >= 4 is 18.0 Å². The zero-order valence-corrected chi connectivity index (χ0v) is 16.9. The van der Waals surface area contributed by atoms with Crippen LogP contribution in [0, 0.1) is 5.92 Å². The predicted molar refractivity (Wildman–Crippen MR) is 103 cm³/mol. The van der Waals surface area contributed by atoms with Gasteiger partial charge in [-0.15, -0.1) is 0 Å². The molecule has 8 heteroatoms. The van der Waals surface area contributed by atoms with Gasteiger partial charge in [-0.25, -0.2) is 9.59 Å². The van der Waals surface area contributed by atoms with E-state index in [2.05, 4.69) is 15.0 Å². The number of alkyl carbamates (subject to hydrolysis) is 1. The summed E-state index contributed by atoms with van der Waals surface area (Å²) < 4.78 is 9.54. The van der Waals surface area contributed by atoms with Crippen molar-refractivity contribution < 1.29 is 23.9 Å². The first-order valence-corrected chi connectivity index (χ1v) is 9.36. The number of hydrogen-bond donors (Lipinski definition) is 1. The van der Waals surface area contributed by atoms with Gasteiger partial charge in [-0.1, -0.05) is 44.2 Å². The smallest absolute Gasteiger partial charge is 0.407 e. The molecule has 0 bridgehead atoms. The third-order valence-corrected chi connectivity index (χ3v) is 4.84. The maximum atomic E-state index is 13.2. The Balaban J connectivity index is 2.20. The van der Waals surface area contributed by atoms with Crippen molar-refractivity contribution in [3.05, 3.63) is 35.9 Å². The van der Waals surface area contributed by atoms with Gasteiger partial charge in [0.25, 0.3) is 0 Å². The average Bonchev–Trinajstić information content (AvgIpc) is 2.71. The van der Waals surface area contributed by atoms with Crippen LogP contribution >= 0.6 is 0 Å². The molecule has 1 saturated heterocycles. The number of carbonyl (C=O) groups excluding carboxylic acids is 3. The second-order valence-corrected chi connectivity index (χ2v) is 7.17. The maximum absolute atomic E-state index is 13.2. The fraction of sp³-hybridized carbons (Fsp3) is 0.550. The number of nitrogens with one attached hydrogen (secondary N) is 1. The minimum Gasteiger partial charge on any atom is -0.467 e.